The molecule has 8 heteroatoms. The number of nitrogens with zero attached hydrogens (tertiary/aromatic N) is 4. The molecule has 0 radical (unpaired) electrons. The summed E-state index contributed by atoms with van der Waals surface area (Å²) in [4.78, 5) is 20.6. The Balaban J connectivity index is 1.34. The first-order chi connectivity index (χ1) is 11.0. The molecular formula is C15H18F2N4O2. The van der Waals surface area contributed by atoms with E-state index in [1.54, 1.807) is 4.90 Å². The monoisotopic (exact) mass is 324 g/mol. The zero-order valence-corrected chi connectivity index (χ0v) is 12.6. The molecule has 0 N–H and O–H groups in total. The summed E-state index contributed by atoms with van der Waals surface area (Å²) in [7, 11) is 0. The van der Waals surface area contributed by atoms with Crippen molar-refractivity contribution in [3.63, 3.8) is 0 Å². The number of amides is 2. The maximum atomic E-state index is 13.7. The highest BCUT2D eigenvalue weighted by Crippen LogP contribution is 2.69. The van der Waals surface area contributed by atoms with Crippen molar-refractivity contribution >= 4 is 6.03 Å². The van der Waals surface area contributed by atoms with E-state index >= 15 is 0 Å². The van der Waals surface area contributed by atoms with E-state index in [1.807, 2.05) is 4.90 Å². The Labute approximate surface area is 131 Å². The van der Waals surface area contributed by atoms with Crippen molar-refractivity contribution in [2.75, 3.05) is 6.54 Å². The molecule has 6 nitrogen and oxygen atoms in total. The molecule has 3 saturated heterocycles. The van der Waals surface area contributed by atoms with Gasteiger partial charge in [0, 0.05) is 30.5 Å². The molecule has 3 aliphatic heterocycles. The number of alkyl halides is 2. The molecular weight excluding hydrogens is 306 g/mol. The highest BCUT2D eigenvalue weighted by molar-refractivity contribution is 5.77. The molecule has 5 rings (SSSR count). The second kappa shape index (κ2) is 4.21. The number of urea groups is 1. The molecule has 4 heterocycles. The first-order valence-corrected chi connectivity index (χ1v) is 8.24. The molecule has 4 fully saturated rings. The predicted octanol–water partition coefficient (Wildman–Crippen LogP) is 2.59. The summed E-state index contributed by atoms with van der Waals surface area (Å²) in [5, 5.41) is 3.82. The van der Waals surface area contributed by atoms with Crippen LogP contribution in [0.3, 0.4) is 0 Å². The smallest absolute Gasteiger partial charge is 0.321 e. The van der Waals surface area contributed by atoms with Crippen LogP contribution in [0, 0.1) is 5.41 Å². The Bertz CT molecular complexity index is 636. The molecule has 1 saturated carbocycles. The number of piperidine rings is 1. The first-order valence-electron chi connectivity index (χ1n) is 8.24. The van der Waals surface area contributed by atoms with Crippen LogP contribution >= 0.6 is 0 Å². The Hall–Kier alpha value is -1.73. The molecule has 3 unspecified atom stereocenters. The molecule has 3 atom stereocenters. The number of carbonyl (C=O) groups is 1. The molecule has 23 heavy (non-hydrogen) atoms. The van der Waals surface area contributed by atoms with E-state index in [0.717, 1.165) is 19.3 Å². The van der Waals surface area contributed by atoms with Crippen molar-refractivity contribution < 1.29 is 18.1 Å². The Kier molecular flexibility index (Phi) is 2.51. The van der Waals surface area contributed by atoms with Crippen LogP contribution in [0.2, 0.25) is 0 Å². The van der Waals surface area contributed by atoms with E-state index < -0.39 is 11.3 Å². The van der Waals surface area contributed by atoms with Gasteiger partial charge < -0.3 is 14.3 Å². The minimum Gasteiger partial charge on any atom is -0.343 e. The van der Waals surface area contributed by atoms with Crippen LogP contribution in [0.15, 0.2) is 10.9 Å². The number of hydrogen-bond acceptors (Lipinski definition) is 4. The summed E-state index contributed by atoms with van der Waals surface area (Å²) < 4.78 is 32.2. The lowest BCUT2D eigenvalue weighted by molar-refractivity contribution is 0.00189. The maximum absolute atomic E-state index is 13.7. The standard InChI is InChI=1S/C15H18F2N4O2/c16-15(17)7-14(15)5-9-1-2-10(6-14)21(9)13(22)20-4-3-11(20)12-18-8-23-19-12/h8-11H,1-7H2. The zero-order valence-electron chi connectivity index (χ0n) is 12.6. The lowest BCUT2D eigenvalue weighted by atomic mass is 9.87. The van der Waals surface area contributed by atoms with Crippen molar-refractivity contribution in [1.29, 1.82) is 0 Å². The van der Waals surface area contributed by atoms with Gasteiger partial charge in [-0.3, -0.25) is 0 Å². The van der Waals surface area contributed by atoms with E-state index in [1.165, 1.54) is 6.39 Å². The Morgan fingerprint density at radius 2 is 1.96 bits per heavy atom. The number of hydrogen-bond donors (Lipinski definition) is 0. The largest absolute Gasteiger partial charge is 0.343 e. The number of fused-ring (bicyclic) bond motifs is 2. The third-order valence-corrected chi connectivity index (χ3v) is 6.25. The van der Waals surface area contributed by atoms with Crippen LogP contribution in [0.25, 0.3) is 0 Å². The van der Waals surface area contributed by atoms with E-state index in [2.05, 4.69) is 10.1 Å². The van der Waals surface area contributed by atoms with Crippen molar-refractivity contribution in [1.82, 2.24) is 19.9 Å². The fourth-order valence-electron chi connectivity index (χ4n) is 4.84. The van der Waals surface area contributed by atoms with Gasteiger partial charge >= 0.3 is 6.03 Å². The summed E-state index contributed by atoms with van der Waals surface area (Å²) in [6.45, 7) is 0.662. The molecule has 1 spiro atoms. The van der Waals surface area contributed by atoms with E-state index in [-0.39, 0.29) is 30.6 Å². The van der Waals surface area contributed by atoms with Gasteiger partial charge in [-0.25, -0.2) is 13.6 Å². The molecule has 1 aliphatic carbocycles. The lowest BCUT2D eigenvalue weighted by Gasteiger charge is -2.46. The fraction of sp³-hybridized carbons (Fsp3) is 0.800. The van der Waals surface area contributed by atoms with E-state index in [0.29, 0.717) is 25.2 Å². The molecule has 0 aromatic carbocycles. The highest BCUT2D eigenvalue weighted by Gasteiger charge is 2.74. The van der Waals surface area contributed by atoms with E-state index in [9.17, 15) is 13.6 Å². The van der Waals surface area contributed by atoms with Gasteiger partial charge in [0.25, 0.3) is 5.92 Å². The quantitative estimate of drug-likeness (QED) is 0.796. The second-order valence-electron chi connectivity index (χ2n) is 7.43. The molecule has 1 aromatic heterocycles. The summed E-state index contributed by atoms with van der Waals surface area (Å²) >= 11 is 0. The van der Waals surface area contributed by atoms with Gasteiger partial charge in [-0.05, 0) is 32.1 Å². The van der Waals surface area contributed by atoms with Crippen molar-refractivity contribution in [2.24, 2.45) is 5.41 Å². The Morgan fingerprint density at radius 3 is 2.43 bits per heavy atom. The van der Waals surface area contributed by atoms with Crippen LogP contribution in [-0.4, -0.2) is 50.5 Å². The summed E-state index contributed by atoms with van der Waals surface area (Å²) in [6.07, 6.45) is 4.66. The van der Waals surface area contributed by atoms with Crippen molar-refractivity contribution in [2.45, 2.75) is 62.6 Å². The van der Waals surface area contributed by atoms with Crippen LogP contribution < -0.4 is 0 Å². The van der Waals surface area contributed by atoms with Gasteiger partial charge in [-0.15, -0.1) is 0 Å². The molecule has 124 valence electrons. The molecule has 2 amide bonds. The van der Waals surface area contributed by atoms with Gasteiger partial charge in [-0.2, -0.15) is 4.98 Å². The minimum absolute atomic E-state index is 0.00420. The van der Waals surface area contributed by atoms with Crippen LogP contribution in [0.4, 0.5) is 13.6 Å². The van der Waals surface area contributed by atoms with E-state index in [4.69, 9.17) is 4.52 Å². The average molecular weight is 324 g/mol. The average Bonchev–Trinajstić information content (AvgIpc) is 2.86. The van der Waals surface area contributed by atoms with Gasteiger partial charge in [0.2, 0.25) is 6.39 Å². The highest BCUT2D eigenvalue weighted by atomic mass is 19.3. The normalized spacial score (nSPS) is 40.3. The maximum Gasteiger partial charge on any atom is 0.321 e. The van der Waals surface area contributed by atoms with Crippen LogP contribution in [0.5, 0.6) is 0 Å². The number of aromatic nitrogens is 2. The Morgan fingerprint density at radius 1 is 1.26 bits per heavy atom. The number of likely N-dealkylation sites (tertiary alicyclic amines) is 1. The summed E-state index contributed by atoms with van der Waals surface area (Å²) in [6, 6.07) is -0.265. The molecule has 2 bridgehead atoms. The summed E-state index contributed by atoms with van der Waals surface area (Å²) in [5.74, 6) is -1.99. The van der Waals surface area contributed by atoms with Crippen molar-refractivity contribution in [3.05, 3.63) is 12.2 Å². The lowest BCUT2D eigenvalue weighted by Crippen LogP contribution is -2.57. The third-order valence-electron chi connectivity index (χ3n) is 6.25. The van der Waals surface area contributed by atoms with Gasteiger partial charge in [0.05, 0.1) is 6.04 Å². The zero-order chi connectivity index (χ0) is 15.8. The van der Waals surface area contributed by atoms with Crippen LogP contribution in [0.1, 0.15) is 50.4 Å². The minimum atomic E-state index is -2.52. The number of halogens is 2. The van der Waals surface area contributed by atoms with Gasteiger partial charge in [0.15, 0.2) is 5.82 Å². The van der Waals surface area contributed by atoms with Gasteiger partial charge in [-0.1, -0.05) is 5.16 Å². The number of carbonyl (C=O) groups excluding carboxylic acids is 1. The SMILES string of the molecule is O=C(N1CCC1c1ncon1)N1C2CCC1CC1(C2)CC1(F)F. The molecule has 1 aromatic rings. The molecule has 4 aliphatic rings. The predicted molar refractivity (Wildman–Crippen MR) is 73.6 cm³/mol. The second-order valence-corrected chi connectivity index (χ2v) is 7.43. The van der Waals surface area contributed by atoms with Crippen LogP contribution in [-0.2, 0) is 0 Å². The van der Waals surface area contributed by atoms with Gasteiger partial charge in [0.1, 0.15) is 0 Å². The first kappa shape index (κ1) is 13.7. The number of rotatable bonds is 1. The summed E-state index contributed by atoms with van der Waals surface area (Å²) in [5.41, 5.74) is -0.822. The van der Waals surface area contributed by atoms with Crippen molar-refractivity contribution in [3.8, 4) is 0 Å². The topological polar surface area (TPSA) is 62.5 Å². The third kappa shape index (κ3) is 1.74. The fourth-order valence-corrected chi connectivity index (χ4v) is 4.84.